The highest BCUT2D eigenvalue weighted by molar-refractivity contribution is 6.74. The molecule has 0 spiro atoms. The fourth-order valence-corrected chi connectivity index (χ4v) is 7.30. The molecule has 1 aliphatic carbocycles. The number of hydrogen-bond donors (Lipinski definition) is 1. The summed E-state index contributed by atoms with van der Waals surface area (Å²) in [4.78, 5) is 4.91. The van der Waals surface area contributed by atoms with Gasteiger partial charge < -0.3 is 18.7 Å². The SMILES string of the molecule is Cc1cc(CN[C@@H]2CCCC2O[Si](C)(C)C(C)(C)C)cc2nc(-c3cccc(-c4ccc(F)cc4-c4nncn4C)c3)oc12. The van der Waals surface area contributed by atoms with E-state index < -0.39 is 8.32 Å². The second kappa shape index (κ2) is 11.7. The third-order valence-corrected chi connectivity index (χ3v) is 13.9. The molecule has 1 unspecified atom stereocenters. The first-order valence-corrected chi connectivity index (χ1v) is 18.4. The van der Waals surface area contributed by atoms with Gasteiger partial charge in [0, 0.05) is 30.8 Å². The van der Waals surface area contributed by atoms with E-state index in [1.54, 1.807) is 17.0 Å². The van der Waals surface area contributed by atoms with Gasteiger partial charge in [-0.3, -0.25) is 0 Å². The molecule has 1 N–H and O–H groups in total. The molecule has 0 saturated heterocycles. The first-order valence-electron chi connectivity index (χ1n) is 15.5. The van der Waals surface area contributed by atoms with E-state index in [-0.39, 0.29) is 17.0 Å². The van der Waals surface area contributed by atoms with Crippen molar-refractivity contribution in [2.75, 3.05) is 0 Å². The van der Waals surface area contributed by atoms with Gasteiger partial charge in [-0.15, -0.1) is 10.2 Å². The van der Waals surface area contributed by atoms with Crippen molar-refractivity contribution in [1.29, 1.82) is 0 Å². The third kappa shape index (κ3) is 6.01. The molecule has 6 rings (SSSR count). The lowest BCUT2D eigenvalue weighted by Crippen LogP contribution is -2.48. The highest BCUT2D eigenvalue weighted by Crippen LogP contribution is 2.40. The number of nitrogens with one attached hydrogen (secondary N) is 1. The summed E-state index contributed by atoms with van der Waals surface area (Å²) in [6.45, 7) is 14.4. The Hall–Kier alpha value is -3.66. The summed E-state index contributed by atoms with van der Waals surface area (Å²) in [5.41, 5.74) is 7.15. The maximum Gasteiger partial charge on any atom is 0.227 e. The van der Waals surface area contributed by atoms with Gasteiger partial charge in [0.15, 0.2) is 19.7 Å². The molecule has 2 atom stereocenters. The van der Waals surface area contributed by atoms with Gasteiger partial charge in [-0.2, -0.15) is 0 Å². The van der Waals surface area contributed by atoms with Crippen LogP contribution >= 0.6 is 0 Å². The third-order valence-electron chi connectivity index (χ3n) is 9.36. The van der Waals surface area contributed by atoms with Gasteiger partial charge in [0.2, 0.25) is 5.89 Å². The number of hydrogen-bond acceptors (Lipinski definition) is 6. The molecule has 0 aliphatic heterocycles. The Labute approximate surface area is 260 Å². The molecule has 7 nitrogen and oxygen atoms in total. The molecular weight excluding hydrogens is 570 g/mol. The minimum absolute atomic E-state index is 0.199. The Morgan fingerprint density at radius 3 is 2.59 bits per heavy atom. The van der Waals surface area contributed by atoms with E-state index in [1.807, 2.05) is 31.3 Å². The Bertz CT molecular complexity index is 1800. The zero-order chi connectivity index (χ0) is 31.2. The molecular formula is C35H42FN5O2Si. The first-order chi connectivity index (χ1) is 20.9. The molecule has 2 heterocycles. The van der Waals surface area contributed by atoms with Crippen molar-refractivity contribution in [2.45, 2.75) is 83.8 Å². The molecule has 44 heavy (non-hydrogen) atoms. The lowest BCUT2D eigenvalue weighted by molar-refractivity contribution is 0.155. The maximum atomic E-state index is 14.3. The summed E-state index contributed by atoms with van der Waals surface area (Å²) >= 11 is 0. The monoisotopic (exact) mass is 611 g/mol. The molecule has 0 amide bonds. The normalized spacial score (nSPS) is 17.5. The zero-order valence-corrected chi connectivity index (χ0v) is 27.7. The number of aromatic nitrogens is 4. The Kier molecular flexibility index (Phi) is 8.07. The van der Waals surface area contributed by atoms with Gasteiger partial charge in [0.1, 0.15) is 17.7 Å². The van der Waals surface area contributed by atoms with Crippen molar-refractivity contribution >= 4 is 19.4 Å². The van der Waals surface area contributed by atoms with E-state index in [1.165, 1.54) is 24.1 Å². The highest BCUT2D eigenvalue weighted by atomic mass is 28.4. The quantitative estimate of drug-likeness (QED) is 0.178. The van der Waals surface area contributed by atoms with Crippen LogP contribution in [0.15, 0.2) is 65.3 Å². The van der Waals surface area contributed by atoms with E-state index >= 15 is 0 Å². The lowest BCUT2D eigenvalue weighted by atomic mass is 9.97. The molecule has 1 aliphatic rings. The number of halogens is 1. The van der Waals surface area contributed by atoms with Crippen LogP contribution in [0, 0.1) is 12.7 Å². The molecule has 3 aromatic carbocycles. The fourth-order valence-electron chi connectivity index (χ4n) is 5.90. The number of nitrogens with zero attached hydrogens (tertiary/aromatic N) is 4. The van der Waals surface area contributed by atoms with Crippen molar-refractivity contribution < 1.29 is 13.2 Å². The van der Waals surface area contributed by atoms with Gasteiger partial charge in [0.25, 0.3) is 0 Å². The minimum Gasteiger partial charge on any atom is -0.436 e. The summed E-state index contributed by atoms with van der Waals surface area (Å²) < 4.78 is 29.2. The molecule has 5 aromatic rings. The molecule has 9 heteroatoms. The predicted molar refractivity (Wildman–Crippen MR) is 176 cm³/mol. The van der Waals surface area contributed by atoms with Crippen LogP contribution in [0.2, 0.25) is 18.1 Å². The van der Waals surface area contributed by atoms with Crippen molar-refractivity contribution in [3.63, 3.8) is 0 Å². The van der Waals surface area contributed by atoms with Crippen LogP contribution in [0.1, 0.15) is 51.2 Å². The van der Waals surface area contributed by atoms with Gasteiger partial charge >= 0.3 is 0 Å². The number of benzene rings is 3. The van der Waals surface area contributed by atoms with Crippen molar-refractivity contribution in [1.82, 2.24) is 25.1 Å². The summed E-state index contributed by atoms with van der Waals surface area (Å²) in [5.74, 6) is 0.823. The van der Waals surface area contributed by atoms with Crippen LogP contribution in [-0.4, -0.2) is 40.2 Å². The highest BCUT2D eigenvalue weighted by Gasteiger charge is 2.41. The van der Waals surface area contributed by atoms with E-state index in [9.17, 15) is 4.39 Å². The smallest absolute Gasteiger partial charge is 0.227 e. The van der Waals surface area contributed by atoms with Gasteiger partial charge in [-0.05, 0) is 96.9 Å². The van der Waals surface area contributed by atoms with Crippen LogP contribution in [-0.2, 0) is 18.0 Å². The van der Waals surface area contributed by atoms with E-state index in [4.69, 9.17) is 13.8 Å². The molecule has 1 saturated carbocycles. The number of fused-ring (bicyclic) bond motifs is 1. The summed E-state index contributed by atoms with van der Waals surface area (Å²) in [6.07, 6.45) is 5.32. The van der Waals surface area contributed by atoms with E-state index in [2.05, 4.69) is 68.4 Å². The Morgan fingerprint density at radius 1 is 1.05 bits per heavy atom. The minimum atomic E-state index is -1.83. The predicted octanol–water partition coefficient (Wildman–Crippen LogP) is 8.44. The summed E-state index contributed by atoms with van der Waals surface area (Å²) in [6, 6.07) is 17.4. The van der Waals surface area contributed by atoms with E-state index in [0.29, 0.717) is 23.3 Å². The largest absolute Gasteiger partial charge is 0.436 e. The average Bonchev–Trinajstić information content (AvgIpc) is 3.71. The van der Waals surface area contributed by atoms with Crippen molar-refractivity contribution in [3.8, 4) is 34.0 Å². The van der Waals surface area contributed by atoms with Gasteiger partial charge in [-0.25, -0.2) is 9.37 Å². The molecule has 2 aromatic heterocycles. The van der Waals surface area contributed by atoms with Gasteiger partial charge in [-0.1, -0.05) is 45.0 Å². The summed E-state index contributed by atoms with van der Waals surface area (Å²) in [5, 5.41) is 12.2. The Balaban J connectivity index is 1.24. The average molecular weight is 612 g/mol. The topological polar surface area (TPSA) is 78.0 Å². The standard InChI is InChI=1S/C35H42FN5O2Si/c1-22-16-23(20-37-29-12-9-13-31(29)43-44(6,7)35(2,3)4)17-30-32(22)42-34(39-30)25-11-8-10-24(18-25)27-15-14-26(36)19-28(27)33-40-38-21-41(33)5/h8,10-11,14-19,21,29,31,37H,9,12-13,20H2,1-7H3/t29-,31?/m1/s1. The lowest BCUT2D eigenvalue weighted by Gasteiger charge is -2.40. The number of rotatable bonds is 8. The fraction of sp³-hybridized carbons (Fsp3) is 0.400. The summed E-state index contributed by atoms with van der Waals surface area (Å²) in [7, 11) is 0.0183. The van der Waals surface area contributed by atoms with Crippen LogP contribution in [0.5, 0.6) is 0 Å². The van der Waals surface area contributed by atoms with Gasteiger partial charge in [0.05, 0.1) is 6.10 Å². The van der Waals surface area contributed by atoms with Crippen LogP contribution < -0.4 is 5.32 Å². The van der Waals surface area contributed by atoms with Crippen LogP contribution in [0.4, 0.5) is 4.39 Å². The van der Waals surface area contributed by atoms with Crippen molar-refractivity contribution in [3.05, 3.63) is 77.9 Å². The molecule has 0 radical (unpaired) electrons. The van der Waals surface area contributed by atoms with Crippen LogP contribution in [0.25, 0.3) is 45.1 Å². The zero-order valence-electron chi connectivity index (χ0n) is 26.7. The van der Waals surface area contributed by atoms with Crippen LogP contribution in [0.3, 0.4) is 0 Å². The Morgan fingerprint density at radius 2 is 1.84 bits per heavy atom. The first kappa shape index (κ1) is 30.4. The second-order valence-electron chi connectivity index (χ2n) is 13.7. The second-order valence-corrected chi connectivity index (χ2v) is 18.4. The number of aryl methyl sites for hydroxylation is 2. The maximum absolute atomic E-state index is 14.3. The molecule has 230 valence electrons. The van der Waals surface area contributed by atoms with E-state index in [0.717, 1.165) is 52.7 Å². The molecule has 1 fully saturated rings. The number of oxazole rings is 1. The molecule has 0 bridgehead atoms. The van der Waals surface area contributed by atoms with Crippen molar-refractivity contribution in [2.24, 2.45) is 7.05 Å².